The van der Waals surface area contributed by atoms with Crippen molar-refractivity contribution >= 4 is 31.9 Å². The molecule has 1 aromatic carbocycles. The molecule has 1 aromatic rings. The van der Waals surface area contributed by atoms with Crippen LogP contribution in [0.4, 0.5) is 0 Å². The fraction of sp³-hybridized carbons (Fsp3) is 0.462. The minimum absolute atomic E-state index is 0.0983. The van der Waals surface area contributed by atoms with Gasteiger partial charge in [0.05, 0.1) is 6.07 Å². The first-order valence-corrected chi connectivity index (χ1v) is 7.08. The van der Waals surface area contributed by atoms with Crippen molar-refractivity contribution in [2.24, 2.45) is 0 Å². The van der Waals surface area contributed by atoms with E-state index in [1.807, 2.05) is 6.07 Å². The maximum atomic E-state index is 9.02. The largest absolute Gasteiger partial charge is 0.198 e. The molecule has 0 atom stereocenters. The van der Waals surface area contributed by atoms with Gasteiger partial charge in [-0.05, 0) is 36.6 Å². The van der Waals surface area contributed by atoms with Gasteiger partial charge in [-0.2, -0.15) is 5.26 Å². The van der Waals surface area contributed by atoms with Crippen molar-refractivity contribution in [3.8, 4) is 6.07 Å². The van der Waals surface area contributed by atoms with Crippen LogP contribution in [0.1, 0.15) is 37.7 Å². The standard InChI is InChI=1S/C13H13Br2N/c14-11-7-10(8-12(15)9-11)13(5-6-16)3-1-2-4-13/h7-9H,1-5H2. The maximum Gasteiger partial charge on any atom is 0.0631 e. The molecule has 0 spiro atoms. The van der Waals surface area contributed by atoms with E-state index in [2.05, 4.69) is 50.1 Å². The second-order valence-corrected chi connectivity index (χ2v) is 6.31. The summed E-state index contributed by atoms with van der Waals surface area (Å²) in [5.41, 5.74) is 1.40. The summed E-state index contributed by atoms with van der Waals surface area (Å²) in [7, 11) is 0. The molecule has 1 nitrogen and oxygen atoms in total. The maximum absolute atomic E-state index is 9.02. The molecule has 0 saturated heterocycles. The van der Waals surface area contributed by atoms with Crippen molar-refractivity contribution in [3.05, 3.63) is 32.7 Å². The summed E-state index contributed by atoms with van der Waals surface area (Å²) in [4.78, 5) is 0. The van der Waals surface area contributed by atoms with E-state index in [-0.39, 0.29) is 5.41 Å². The van der Waals surface area contributed by atoms with Gasteiger partial charge in [-0.3, -0.25) is 0 Å². The van der Waals surface area contributed by atoms with Gasteiger partial charge in [0.2, 0.25) is 0 Å². The highest BCUT2D eigenvalue weighted by atomic mass is 79.9. The highest BCUT2D eigenvalue weighted by Gasteiger charge is 2.35. The van der Waals surface area contributed by atoms with E-state index in [4.69, 9.17) is 5.26 Å². The van der Waals surface area contributed by atoms with Crippen LogP contribution in [0.15, 0.2) is 27.1 Å². The van der Waals surface area contributed by atoms with E-state index in [1.165, 1.54) is 18.4 Å². The minimum Gasteiger partial charge on any atom is -0.198 e. The average Bonchev–Trinajstić information content (AvgIpc) is 2.66. The molecule has 16 heavy (non-hydrogen) atoms. The van der Waals surface area contributed by atoms with Crippen LogP contribution < -0.4 is 0 Å². The highest BCUT2D eigenvalue weighted by Crippen LogP contribution is 2.44. The van der Waals surface area contributed by atoms with E-state index in [9.17, 15) is 0 Å². The van der Waals surface area contributed by atoms with Gasteiger partial charge in [-0.25, -0.2) is 0 Å². The lowest BCUT2D eigenvalue weighted by Crippen LogP contribution is -2.21. The first-order chi connectivity index (χ1) is 7.66. The number of hydrogen-bond donors (Lipinski definition) is 0. The van der Waals surface area contributed by atoms with E-state index in [0.717, 1.165) is 21.8 Å². The Hall–Kier alpha value is -0.330. The monoisotopic (exact) mass is 341 g/mol. The molecule has 0 aliphatic heterocycles. The van der Waals surface area contributed by atoms with Crippen molar-refractivity contribution in [2.45, 2.75) is 37.5 Å². The van der Waals surface area contributed by atoms with E-state index < -0.39 is 0 Å². The van der Waals surface area contributed by atoms with Gasteiger partial charge in [0.25, 0.3) is 0 Å². The molecule has 0 bridgehead atoms. The Morgan fingerprint density at radius 2 is 1.69 bits per heavy atom. The quantitative estimate of drug-likeness (QED) is 0.746. The van der Waals surface area contributed by atoms with Crippen LogP contribution in [0.5, 0.6) is 0 Å². The van der Waals surface area contributed by atoms with Crippen molar-refractivity contribution in [1.82, 2.24) is 0 Å². The van der Waals surface area contributed by atoms with Crippen molar-refractivity contribution in [1.29, 1.82) is 5.26 Å². The second-order valence-electron chi connectivity index (χ2n) is 4.48. The third-order valence-electron chi connectivity index (χ3n) is 3.45. The molecule has 0 N–H and O–H groups in total. The summed E-state index contributed by atoms with van der Waals surface area (Å²) in [6.45, 7) is 0. The zero-order valence-corrected chi connectivity index (χ0v) is 12.1. The second kappa shape index (κ2) is 4.89. The molecule has 2 rings (SSSR count). The summed E-state index contributed by atoms with van der Waals surface area (Å²) in [6.07, 6.45) is 5.40. The van der Waals surface area contributed by atoms with Crippen molar-refractivity contribution in [2.75, 3.05) is 0 Å². The number of nitrogens with zero attached hydrogens (tertiary/aromatic N) is 1. The van der Waals surface area contributed by atoms with Crippen LogP contribution in [0.2, 0.25) is 0 Å². The molecule has 1 aliphatic carbocycles. The molecule has 3 heteroatoms. The van der Waals surface area contributed by atoms with Gasteiger partial charge in [0, 0.05) is 20.8 Å². The Bertz CT molecular complexity index is 408. The summed E-state index contributed by atoms with van der Waals surface area (Å²) in [6, 6.07) is 8.72. The molecule has 0 amide bonds. The Kier molecular flexibility index (Phi) is 3.71. The molecule has 1 fully saturated rings. The summed E-state index contributed by atoms with van der Waals surface area (Å²) < 4.78 is 2.17. The lowest BCUT2D eigenvalue weighted by molar-refractivity contribution is 0.451. The van der Waals surface area contributed by atoms with E-state index in [0.29, 0.717) is 6.42 Å². The molecular formula is C13H13Br2N. The van der Waals surface area contributed by atoms with Crippen LogP contribution in [0.25, 0.3) is 0 Å². The zero-order valence-electron chi connectivity index (χ0n) is 8.97. The molecule has 0 aromatic heterocycles. The van der Waals surface area contributed by atoms with Gasteiger partial charge in [-0.1, -0.05) is 44.7 Å². The number of benzene rings is 1. The van der Waals surface area contributed by atoms with Gasteiger partial charge < -0.3 is 0 Å². The average molecular weight is 343 g/mol. The summed E-state index contributed by atoms with van der Waals surface area (Å²) in [5, 5.41) is 9.02. The smallest absolute Gasteiger partial charge is 0.0631 e. The van der Waals surface area contributed by atoms with E-state index >= 15 is 0 Å². The van der Waals surface area contributed by atoms with Crippen LogP contribution >= 0.6 is 31.9 Å². The normalized spacial score (nSPS) is 18.3. The number of rotatable bonds is 2. The van der Waals surface area contributed by atoms with Crippen LogP contribution in [0, 0.1) is 11.3 Å². The molecule has 0 unspecified atom stereocenters. The fourth-order valence-electron chi connectivity index (χ4n) is 2.63. The summed E-state index contributed by atoms with van der Waals surface area (Å²) in [5.74, 6) is 0. The first kappa shape index (κ1) is 12.1. The van der Waals surface area contributed by atoms with E-state index in [1.54, 1.807) is 0 Å². The number of hydrogen-bond acceptors (Lipinski definition) is 1. The Morgan fingerprint density at radius 1 is 1.12 bits per heavy atom. The first-order valence-electron chi connectivity index (χ1n) is 5.50. The van der Waals surface area contributed by atoms with Gasteiger partial charge in [0.15, 0.2) is 0 Å². The Labute approximate surface area is 113 Å². The molecule has 0 heterocycles. The predicted molar refractivity (Wildman–Crippen MR) is 72.2 cm³/mol. The topological polar surface area (TPSA) is 23.8 Å². The van der Waals surface area contributed by atoms with Crippen molar-refractivity contribution in [3.63, 3.8) is 0 Å². The predicted octanol–water partition coefficient (Wildman–Crippen LogP) is 4.94. The van der Waals surface area contributed by atoms with Gasteiger partial charge in [-0.15, -0.1) is 0 Å². The highest BCUT2D eigenvalue weighted by molar-refractivity contribution is 9.11. The SMILES string of the molecule is N#CCC1(c2cc(Br)cc(Br)c2)CCCC1. The summed E-state index contributed by atoms with van der Waals surface area (Å²) >= 11 is 7.04. The van der Waals surface area contributed by atoms with Gasteiger partial charge >= 0.3 is 0 Å². The number of halogens is 2. The Balaban J connectivity index is 2.43. The Morgan fingerprint density at radius 3 is 2.19 bits per heavy atom. The number of nitriles is 1. The lowest BCUT2D eigenvalue weighted by atomic mass is 9.76. The van der Waals surface area contributed by atoms with Crippen molar-refractivity contribution < 1.29 is 0 Å². The molecule has 84 valence electrons. The minimum atomic E-state index is 0.0983. The molecule has 1 saturated carbocycles. The molecule has 0 radical (unpaired) electrons. The van der Waals surface area contributed by atoms with Crippen LogP contribution in [0.3, 0.4) is 0 Å². The fourth-order valence-corrected chi connectivity index (χ4v) is 3.92. The third kappa shape index (κ3) is 2.33. The van der Waals surface area contributed by atoms with Gasteiger partial charge in [0.1, 0.15) is 0 Å². The molecule has 1 aliphatic rings. The third-order valence-corrected chi connectivity index (χ3v) is 4.37. The zero-order chi connectivity index (χ0) is 11.6. The molecular weight excluding hydrogens is 330 g/mol. The van der Waals surface area contributed by atoms with Crippen LogP contribution in [-0.2, 0) is 5.41 Å². The van der Waals surface area contributed by atoms with Crippen LogP contribution in [-0.4, -0.2) is 0 Å². The lowest BCUT2D eigenvalue weighted by Gasteiger charge is -2.27.